The number of hydrogen-bond donors (Lipinski definition) is 2. The molecular weight excluding hydrogens is 316 g/mol. The number of fused-ring (bicyclic) bond motifs is 1. The predicted molar refractivity (Wildman–Crippen MR) is 96.7 cm³/mol. The van der Waals surface area contributed by atoms with Crippen LogP contribution in [-0.4, -0.2) is 34.0 Å². The van der Waals surface area contributed by atoms with Crippen molar-refractivity contribution >= 4 is 11.8 Å². The van der Waals surface area contributed by atoms with Crippen molar-refractivity contribution in [3.8, 4) is 0 Å². The Balaban J connectivity index is 1.80. The lowest BCUT2D eigenvalue weighted by Crippen LogP contribution is -2.35. The highest BCUT2D eigenvalue weighted by molar-refractivity contribution is 5.97. The number of hydrogen-bond acceptors (Lipinski definition) is 3. The molecule has 3 rings (SSSR count). The Morgan fingerprint density at radius 1 is 1.12 bits per heavy atom. The standard InChI is InChI=1S/C19H28N4O2/c1-2-12-20-19(25)17-22-16(15-11-7-8-13-23(15)17)18(24)21-14-9-5-3-4-6-10-14/h2,14H,1,3-13H2,(H,20,25)(H,21,24). The van der Waals surface area contributed by atoms with Crippen molar-refractivity contribution in [2.45, 2.75) is 70.4 Å². The zero-order valence-corrected chi connectivity index (χ0v) is 14.9. The van der Waals surface area contributed by atoms with Crippen LogP contribution in [0.15, 0.2) is 12.7 Å². The molecule has 25 heavy (non-hydrogen) atoms. The Bertz CT molecular complexity index is 642. The molecule has 2 N–H and O–H groups in total. The summed E-state index contributed by atoms with van der Waals surface area (Å²) in [5.74, 6) is -0.0144. The summed E-state index contributed by atoms with van der Waals surface area (Å²) in [6.07, 6.45) is 11.4. The predicted octanol–water partition coefficient (Wildman–Crippen LogP) is 2.59. The number of amides is 2. The Kier molecular flexibility index (Phi) is 5.89. The number of nitrogens with zero attached hydrogens (tertiary/aromatic N) is 2. The largest absolute Gasteiger partial charge is 0.348 e. The van der Waals surface area contributed by atoms with Crippen molar-refractivity contribution in [3.63, 3.8) is 0 Å². The number of carbonyl (C=O) groups excluding carboxylic acids is 2. The molecule has 1 aliphatic heterocycles. The summed E-state index contributed by atoms with van der Waals surface area (Å²) in [4.78, 5) is 29.6. The summed E-state index contributed by atoms with van der Waals surface area (Å²) in [6.45, 7) is 4.75. The fourth-order valence-electron chi connectivity index (χ4n) is 3.82. The van der Waals surface area contributed by atoms with E-state index in [2.05, 4.69) is 22.2 Å². The zero-order chi connectivity index (χ0) is 17.6. The lowest BCUT2D eigenvalue weighted by Gasteiger charge is -2.18. The highest BCUT2D eigenvalue weighted by Gasteiger charge is 2.28. The molecule has 6 nitrogen and oxygen atoms in total. The van der Waals surface area contributed by atoms with Crippen LogP contribution >= 0.6 is 0 Å². The monoisotopic (exact) mass is 344 g/mol. The van der Waals surface area contributed by atoms with Crippen molar-refractivity contribution in [2.75, 3.05) is 6.54 Å². The van der Waals surface area contributed by atoms with Crippen LogP contribution < -0.4 is 10.6 Å². The molecule has 0 aromatic carbocycles. The Hall–Kier alpha value is -2.11. The molecule has 1 aliphatic carbocycles. The van der Waals surface area contributed by atoms with Gasteiger partial charge in [0.2, 0.25) is 0 Å². The fraction of sp³-hybridized carbons (Fsp3) is 0.632. The van der Waals surface area contributed by atoms with Gasteiger partial charge in [-0.1, -0.05) is 31.8 Å². The Morgan fingerprint density at radius 2 is 1.88 bits per heavy atom. The first kappa shape index (κ1) is 17.7. The molecule has 1 aromatic rings. The minimum absolute atomic E-state index is 0.125. The number of rotatable bonds is 5. The van der Waals surface area contributed by atoms with Crippen molar-refractivity contribution < 1.29 is 9.59 Å². The van der Waals surface area contributed by atoms with Gasteiger partial charge in [0.25, 0.3) is 11.8 Å². The Morgan fingerprint density at radius 3 is 2.60 bits per heavy atom. The van der Waals surface area contributed by atoms with Gasteiger partial charge in [-0.3, -0.25) is 9.59 Å². The lowest BCUT2D eigenvalue weighted by atomic mass is 10.1. The van der Waals surface area contributed by atoms with Gasteiger partial charge in [0.05, 0.1) is 5.69 Å². The van der Waals surface area contributed by atoms with E-state index in [0.717, 1.165) is 44.3 Å². The van der Waals surface area contributed by atoms with Crippen molar-refractivity contribution in [3.05, 3.63) is 29.9 Å². The van der Waals surface area contributed by atoms with Crippen LogP contribution in [0.3, 0.4) is 0 Å². The smallest absolute Gasteiger partial charge is 0.287 e. The maximum atomic E-state index is 12.8. The summed E-state index contributed by atoms with van der Waals surface area (Å²) >= 11 is 0. The van der Waals surface area contributed by atoms with Gasteiger partial charge in [0.15, 0.2) is 5.82 Å². The third-order valence-corrected chi connectivity index (χ3v) is 5.13. The molecule has 2 amide bonds. The van der Waals surface area contributed by atoms with Gasteiger partial charge in [0.1, 0.15) is 5.69 Å². The van der Waals surface area contributed by atoms with E-state index in [1.54, 1.807) is 6.08 Å². The van der Waals surface area contributed by atoms with E-state index in [4.69, 9.17) is 0 Å². The van der Waals surface area contributed by atoms with Gasteiger partial charge >= 0.3 is 0 Å². The number of aromatic nitrogens is 2. The van der Waals surface area contributed by atoms with Crippen LogP contribution in [-0.2, 0) is 13.0 Å². The first-order chi connectivity index (χ1) is 12.2. The van der Waals surface area contributed by atoms with Gasteiger partial charge in [-0.15, -0.1) is 6.58 Å². The van der Waals surface area contributed by atoms with Crippen LogP contribution in [0.25, 0.3) is 0 Å². The molecule has 136 valence electrons. The van der Waals surface area contributed by atoms with Gasteiger partial charge in [0, 0.05) is 19.1 Å². The van der Waals surface area contributed by atoms with E-state index in [-0.39, 0.29) is 17.9 Å². The molecule has 0 atom stereocenters. The van der Waals surface area contributed by atoms with Gasteiger partial charge < -0.3 is 15.2 Å². The third-order valence-electron chi connectivity index (χ3n) is 5.13. The minimum atomic E-state index is -0.239. The summed E-state index contributed by atoms with van der Waals surface area (Å²) < 4.78 is 1.92. The van der Waals surface area contributed by atoms with Crippen molar-refractivity contribution in [2.24, 2.45) is 0 Å². The average Bonchev–Trinajstić information content (AvgIpc) is 2.83. The second-order valence-electron chi connectivity index (χ2n) is 7.00. The molecule has 1 fully saturated rings. The van der Waals surface area contributed by atoms with Crippen LogP contribution in [0, 0.1) is 0 Å². The SMILES string of the molecule is C=CCNC(=O)c1nc(C(=O)NC2CCCCCC2)c2n1CCCC2. The molecular formula is C19H28N4O2. The summed E-state index contributed by atoms with van der Waals surface area (Å²) in [5.41, 5.74) is 1.34. The molecule has 2 heterocycles. The van der Waals surface area contributed by atoms with E-state index in [9.17, 15) is 9.59 Å². The second-order valence-corrected chi connectivity index (χ2v) is 7.00. The lowest BCUT2D eigenvalue weighted by molar-refractivity contribution is 0.0927. The normalized spacial score (nSPS) is 18.1. The topological polar surface area (TPSA) is 76.0 Å². The van der Waals surface area contributed by atoms with Crippen LogP contribution in [0.2, 0.25) is 0 Å². The van der Waals surface area contributed by atoms with Crippen LogP contribution in [0.5, 0.6) is 0 Å². The van der Waals surface area contributed by atoms with E-state index in [1.165, 1.54) is 25.7 Å². The number of imidazole rings is 1. The Labute approximate surface area is 149 Å². The highest BCUT2D eigenvalue weighted by atomic mass is 16.2. The molecule has 0 radical (unpaired) electrons. The van der Waals surface area contributed by atoms with Gasteiger partial charge in [-0.25, -0.2) is 4.98 Å². The maximum absolute atomic E-state index is 12.8. The first-order valence-electron chi connectivity index (χ1n) is 9.50. The quantitative estimate of drug-likeness (QED) is 0.637. The molecule has 1 aromatic heterocycles. The molecule has 2 aliphatic rings. The minimum Gasteiger partial charge on any atom is -0.348 e. The maximum Gasteiger partial charge on any atom is 0.287 e. The zero-order valence-electron chi connectivity index (χ0n) is 14.9. The average molecular weight is 344 g/mol. The first-order valence-corrected chi connectivity index (χ1v) is 9.50. The summed E-state index contributed by atoms with van der Waals surface area (Å²) in [5, 5.41) is 5.93. The van der Waals surface area contributed by atoms with Crippen molar-refractivity contribution in [1.82, 2.24) is 20.2 Å². The summed E-state index contributed by atoms with van der Waals surface area (Å²) in [7, 11) is 0. The molecule has 0 spiro atoms. The van der Waals surface area contributed by atoms with Crippen molar-refractivity contribution in [1.29, 1.82) is 0 Å². The van der Waals surface area contributed by atoms with Crippen LogP contribution in [0.4, 0.5) is 0 Å². The highest BCUT2D eigenvalue weighted by Crippen LogP contribution is 2.22. The third kappa shape index (κ3) is 4.11. The van der Waals surface area contributed by atoms with E-state index >= 15 is 0 Å². The van der Waals surface area contributed by atoms with Gasteiger partial charge in [-0.2, -0.15) is 0 Å². The number of nitrogens with one attached hydrogen (secondary N) is 2. The van der Waals surface area contributed by atoms with E-state index in [0.29, 0.717) is 18.1 Å². The molecule has 0 saturated heterocycles. The molecule has 6 heteroatoms. The molecule has 0 unspecified atom stereocenters. The van der Waals surface area contributed by atoms with Gasteiger partial charge in [-0.05, 0) is 32.1 Å². The molecule has 0 bridgehead atoms. The van der Waals surface area contributed by atoms with E-state index < -0.39 is 0 Å². The second kappa shape index (κ2) is 8.32. The molecule has 1 saturated carbocycles. The number of carbonyl (C=O) groups is 2. The fourth-order valence-corrected chi connectivity index (χ4v) is 3.82. The van der Waals surface area contributed by atoms with E-state index in [1.807, 2.05) is 4.57 Å². The summed E-state index contributed by atoms with van der Waals surface area (Å²) in [6, 6.07) is 0.231. The van der Waals surface area contributed by atoms with Crippen LogP contribution in [0.1, 0.15) is 78.2 Å².